The van der Waals surface area contributed by atoms with Crippen LogP contribution < -0.4 is 14.8 Å². The minimum atomic E-state index is -0.102. The van der Waals surface area contributed by atoms with Gasteiger partial charge in [-0.25, -0.2) is 0 Å². The van der Waals surface area contributed by atoms with Crippen LogP contribution in [0.3, 0.4) is 0 Å². The molecule has 8 heteroatoms. The zero-order chi connectivity index (χ0) is 20.9. The van der Waals surface area contributed by atoms with Gasteiger partial charge in [-0.1, -0.05) is 30.3 Å². The highest BCUT2D eigenvalue weighted by molar-refractivity contribution is 5.93. The monoisotopic (exact) mass is 407 g/mol. The van der Waals surface area contributed by atoms with Crippen molar-refractivity contribution >= 4 is 5.91 Å². The summed E-state index contributed by atoms with van der Waals surface area (Å²) in [7, 11) is 3.34. The molecule has 0 spiro atoms. The average molecular weight is 407 g/mol. The standard InChI is InChI=1S/C22H25N5O3/c1-27-19(12-18(26-27)15-6-4-3-5-7-15)22(28)24-16-8-10-17(11-9-16)30-21-14-23-13-20(25-21)29-2/h3-7,12-14,16-17H,8-11H2,1-2H3,(H,24,28). The molecular weight excluding hydrogens is 382 g/mol. The summed E-state index contributed by atoms with van der Waals surface area (Å²) < 4.78 is 12.6. The van der Waals surface area contributed by atoms with Gasteiger partial charge in [0.1, 0.15) is 11.8 Å². The summed E-state index contributed by atoms with van der Waals surface area (Å²) >= 11 is 0. The van der Waals surface area contributed by atoms with Crippen molar-refractivity contribution in [3.8, 4) is 23.0 Å². The lowest BCUT2D eigenvalue weighted by atomic mass is 9.93. The van der Waals surface area contributed by atoms with Gasteiger partial charge in [-0.15, -0.1) is 0 Å². The molecule has 2 aromatic heterocycles. The summed E-state index contributed by atoms with van der Waals surface area (Å²) in [5.41, 5.74) is 2.34. The number of hydrogen-bond acceptors (Lipinski definition) is 6. The van der Waals surface area contributed by atoms with Crippen molar-refractivity contribution < 1.29 is 14.3 Å². The lowest BCUT2D eigenvalue weighted by molar-refractivity contribution is 0.0880. The number of hydrogen-bond donors (Lipinski definition) is 1. The van der Waals surface area contributed by atoms with Gasteiger partial charge >= 0.3 is 0 Å². The average Bonchev–Trinajstić information content (AvgIpc) is 3.18. The van der Waals surface area contributed by atoms with Crippen LogP contribution >= 0.6 is 0 Å². The molecule has 30 heavy (non-hydrogen) atoms. The molecule has 0 unspecified atom stereocenters. The van der Waals surface area contributed by atoms with Crippen LogP contribution in [0.2, 0.25) is 0 Å². The Balaban J connectivity index is 1.32. The summed E-state index contributed by atoms with van der Waals surface area (Å²) in [5, 5.41) is 7.62. The third-order valence-corrected chi connectivity index (χ3v) is 5.28. The number of amides is 1. The smallest absolute Gasteiger partial charge is 0.269 e. The maximum Gasteiger partial charge on any atom is 0.269 e. The second-order valence-corrected chi connectivity index (χ2v) is 7.37. The molecule has 156 valence electrons. The third kappa shape index (κ3) is 4.59. The minimum absolute atomic E-state index is 0.0564. The predicted octanol–water partition coefficient (Wildman–Crippen LogP) is 3.01. The number of ether oxygens (including phenoxy) is 2. The van der Waals surface area contributed by atoms with E-state index >= 15 is 0 Å². The van der Waals surface area contributed by atoms with Gasteiger partial charge in [0.25, 0.3) is 5.91 Å². The molecular formula is C22H25N5O3. The van der Waals surface area contributed by atoms with E-state index in [1.54, 1.807) is 31.2 Å². The molecule has 1 saturated carbocycles. The molecule has 0 bridgehead atoms. The van der Waals surface area contributed by atoms with Crippen molar-refractivity contribution in [2.24, 2.45) is 7.05 Å². The Hall–Kier alpha value is -3.42. The largest absolute Gasteiger partial charge is 0.480 e. The van der Waals surface area contributed by atoms with E-state index in [9.17, 15) is 4.79 Å². The molecule has 4 rings (SSSR count). The number of carbonyl (C=O) groups excluding carboxylic acids is 1. The fourth-order valence-electron chi connectivity index (χ4n) is 3.67. The summed E-state index contributed by atoms with van der Waals surface area (Å²) in [6, 6.07) is 11.8. The summed E-state index contributed by atoms with van der Waals surface area (Å²) in [5.74, 6) is 0.792. The zero-order valence-electron chi connectivity index (χ0n) is 17.1. The van der Waals surface area contributed by atoms with Crippen LogP contribution in [0.4, 0.5) is 0 Å². The second-order valence-electron chi connectivity index (χ2n) is 7.37. The van der Waals surface area contributed by atoms with Crippen molar-refractivity contribution in [1.29, 1.82) is 0 Å². The Morgan fingerprint density at radius 2 is 1.83 bits per heavy atom. The molecule has 1 fully saturated rings. The predicted molar refractivity (Wildman–Crippen MR) is 111 cm³/mol. The van der Waals surface area contributed by atoms with Gasteiger partial charge in [-0.05, 0) is 31.7 Å². The molecule has 0 aliphatic heterocycles. The van der Waals surface area contributed by atoms with Crippen molar-refractivity contribution in [3.05, 3.63) is 54.5 Å². The van der Waals surface area contributed by atoms with Crippen LogP contribution in [0.15, 0.2) is 48.8 Å². The van der Waals surface area contributed by atoms with E-state index in [0.717, 1.165) is 36.9 Å². The normalized spacial score (nSPS) is 18.6. The van der Waals surface area contributed by atoms with Crippen LogP contribution in [-0.4, -0.2) is 44.9 Å². The number of aryl methyl sites for hydroxylation is 1. The first-order valence-corrected chi connectivity index (χ1v) is 10.1. The zero-order valence-corrected chi connectivity index (χ0v) is 17.1. The lowest BCUT2D eigenvalue weighted by Crippen LogP contribution is -2.40. The van der Waals surface area contributed by atoms with Crippen molar-refractivity contribution in [2.45, 2.75) is 37.8 Å². The van der Waals surface area contributed by atoms with Crippen LogP contribution in [0.1, 0.15) is 36.2 Å². The first-order chi connectivity index (χ1) is 14.6. The van der Waals surface area contributed by atoms with E-state index in [1.165, 1.54) is 0 Å². The van der Waals surface area contributed by atoms with E-state index in [2.05, 4.69) is 20.4 Å². The quantitative estimate of drug-likeness (QED) is 0.675. The topological polar surface area (TPSA) is 91.2 Å². The second kappa shape index (κ2) is 8.94. The summed E-state index contributed by atoms with van der Waals surface area (Å²) in [6.07, 6.45) is 6.55. The van der Waals surface area contributed by atoms with Gasteiger partial charge in [0.2, 0.25) is 11.8 Å². The molecule has 3 aromatic rings. The molecule has 8 nitrogen and oxygen atoms in total. The maximum atomic E-state index is 12.8. The number of methoxy groups -OCH3 is 1. The summed E-state index contributed by atoms with van der Waals surface area (Å²) in [6.45, 7) is 0. The van der Waals surface area contributed by atoms with E-state index in [-0.39, 0.29) is 18.1 Å². The highest BCUT2D eigenvalue weighted by Gasteiger charge is 2.25. The van der Waals surface area contributed by atoms with E-state index in [4.69, 9.17) is 9.47 Å². The molecule has 1 aliphatic carbocycles. The first-order valence-electron chi connectivity index (χ1n) is 10.1. The Labute approximate surface area is 175 Å². The van der Waals surface area contributed by atoms with E-state index < -0.39 is 0 Å². The number of nitrogens with zero attached hydrogens (tertiary/aromatic N) is 4. The van der Waals surface area contributed by atoms with Gasteiger partial charge in [0.15, 0.2) is 0 Å². The number of aromatic nitrogens is 4. The Kier molecular flexibility index (Phi) is 5.92. The fourth-order valence-corrected chi connectivity index (χ4v) is 3.67. The van der Waals surface area contributed by atoms with Crippen molar-refractivity contribution in [2.75, 3.05) is 7.11 Å². The highest BCUT2D eigenvalue weighted by Crippen LogP contribution is 2.24. The van der Waals surface area contributed by atoms with Crippen LogP contribution in [0, 0.1) is 0 Å². The number of rotatable bonds is 6. The Bertz CT molecular complexity index is 997. The number of benzene rings is 1. The Morgan fingerprint density at radius 3 is 2.57 bits per heavy atom. The molecule has 1 aromatic carbocycles. The van der Waals surface area contributed by atoms with Gasteiger partial charge in [0, 0.05) is 18.7 Å². The van der Waals surface area contributed by atoms with E-state index in [0.29, 0.717) is 17.5 Å². The molecule has 2 heterocycles. The molecule has 1 N–H and O–H groups in total. The van der Waals surface area contributed by atoms with Gasteiger partial charge < -0.3 is 14.8 Å². The maximum absolute atomic E-state index is 12.8. The molecule has 0 atom stereocenters. The fraction of sp³-hybridized carbons (Fsp3) is 0.364. The third-order valence-electron chi connectivity index (χ3n) is 5.28. The lowest BCUT2D eigenvalue weighted by Gasteiger charge is -2.29. The van der Waals surface area contributed by atoms with E-state index in [1.807, 2.05) is 36.4 Å². The van der Waals surface area contributed by atoms with Crippen molar-refractivity contribution in [1.82, 2.24) is 25.1 Å². The number of nitrogens with one attached hydrogen (secondary N) is 1. The summed E-state index contributed by atoms with van der Waals surface area (Å²) in [4.78, 5) is 21.1. The molecule has 0 saturated heterocycles. The van der Waals surface area contributed by atoms with Crippen LogP contribution in [-0.2, 0) is 7.05 Å². The van der Waals surface area contributed by atoms with Gasteiger partial charge in [0.05, 0.1) is 25.2 Å². The van der Waals surface area contributed by atoms with Crippen LogP contribution in [0.25, 0.3) is 11.3 Å². The highest BCUT2D eigenvalue weighted by atomic mass is 16.5. The minimum Gasteiger partial charge on any atom is -0.480 e. The van der Waals surface area contributed by atoms with Crippen molar-refractivity contribution in [3.63, 3.8) is 0 Å². The Morgan fingerprint density at radius 1 is 1.10 bits per heavy atom. The SMILES string of the molecule is COc1cncc(OC2CCC(NC(=O)c3cc(-c4ccccc4)nn3C)CC2)n1. The van der Waals surface area contributed by atoms with Gasteiger partial charge in [-0.2, -0.15) is 10.1 Å². The van der Waals surface area contributed by atoms with Gasteiger partial charge in [-0.3, -0.25) is 14.5 Å². The molecule has 0 radical (unpaired) electrons. The molecule has 1 aliphatic rings. The first kappa shape index (κ1) is 19.9. The molecule has 1 amide bonds. The number of carbonyl (C=O) groups is 1. The van der Waals surface area contributed by atoms with Crippen LogP contribution in [0.5, 0.6) is 11.8 Å².